The molecule has 0 aromatic heterocycles. The number of allylic oxidation sites excluding steroid dienone is 6. The zero-order chi connectivity index (χ0) is 78.2. The van der Waals surface area contributed by atoms with Crippen LogP contribution in [0.15, 0.2) is 36.5 Å². The number of methoxy groups -OCH3 is 5. The molecule has 0 atom stereocenters. The number of carbonyl (C=O) groups is 8. The minimum absolute atomic E-state index is 0.0791. The van der Waals surface area contributed by atoms with Crippen molar-refractivity contribution in [2.24, 2.45) is 5.73 Å². The topological polar surface area (TPSA) is 269 Å². The van der Waals surface area contributed by atoms with E-state index in [4.69, 9.17) is 21.1 Å². The molecule has 0 fully saturated rings. The lowest BCUT2D eigenvalue weighted by molar-refractivity contribution is -0.141. The number of halogens is 1. The molecular weight excluding hydrogens is 1370 g/mol. The van der Waals surface area contributed by atoms with Crippen LogP contribution in [0.25, 0.3) is 0 Å². The van der Waals surface area contributed by atoms with E-state index in [0.29, 0.717) is 44.9 Å². The van der Waals surface area contributed by atoms with Crippen molar-refractivity contribution < 1.29 is 77.4 Å². The van der Waals surface area contributed by atoms with Gasteiger partial charge in [0.1, 0.15) is 0 Å². The fraction of sp³-hybridized carbons (Fsp3) is 0.835. The van der Waals surface area contributed by atoms with Crippen LogP contribution in [0.3, 0.4) is 0 Å². The molecule has 18 heteroatoms. The van der Waals surface area contributed by atoms with Gasteiger partial charge in [-0.05, 0) is 135 Å². The van der Waals surface area contributed by atoms with Crippen molar-refractivity contribution in [3.8, 4) is 0 Å². The average molecular weight is 1530 g/mol. The van der Waals surface area contributed by atoms with Gasteiger partial charge in [-0.1, -0.05) is 279 Å². The molecule has 0 heterocycles. The normalized spacial score (nSPS) is 10.5. The Morgan fingerprint density at radius 3 is 0.650 bits per heavy atom. The van der Waals surface area contributed by atoms with Gasteiger partial charge in [-0.3, -0.25) is 38.4 Å². The number of aliphatic hydroxyl groups is 1. The van der Waals surface area contributed by atoms with Crippen LogP contribution in [0.2, 0.25) is 0 Å². The second-order valence-corrected chi connectivity index (χ2v) is 27.4. The molecule has 5 N–H and O–H groups in total. The van der Waals surface area contributed by atoms with Gasteiger partial charge >= 0.3 is 41.8 Å². The molecule has 0 aliphatic heterocycles. The Bertz CT molecular complexity index is 1780. The summed E-state index contributed by atoms with van der Waals surface area (Å²) in [5.74, 6) is -2.33. The van der Waals surface area contributed by atoms with Gasteiger partial charge in [0, 0.05) is 63.8 Å². The maximum atomic E-state index is 10.9. The number of carboxylic acids is 2. The molecule has 0 saturated carbocycles. The molecular formula is C85H162BrNO16. The molecule has 0 bridgehead atoms. The van der Waals surface area contributed by atoms with Gasteiger partial charge in [-0.25, -0.2) is 0 Å². The number of carboxylic acid groups (broad SMARTS) is 2. The molecule has 0 aliphatic carbocycles. The summed E-state index contributed by atoms with van der Waals surface area (Å²) in [5, 5.41) is 26.4. The molecule has 0 saturated heterocycles. The molecule has 0 radical (unpaired) electrons. The van der Waals surface area contributed by atoms with Gasteiger partial charge in [-0.15, -0.1) is 0 Å². The number of primary amides is 1. The summed E-state index contributed by atoms with van der Waals surface area (Å²) in [5.41, 5.74) is 5.10. The fourth-order valence-corrected chi connectivity index (χ4v) is 10.6. The quantitative estimate of drug-likeness (QED) is 0.0145. The van der Waals surface area contributed by atoms with Crippen LogP contribution in [0.4, 0.5) is 0 Å². The van der Waals surface area contributed by atoms with Gasteiger partial charge in [0.05, 0.1) is 35.5 Å². The standard InChI is InChI=1S/C19H36O2.C18H35NO.C18H34O2.C9H17BrO2.C9H16O4.C9H18O3.C3H6O2/c1-3-4-5-6-7-8-9-10-11-12-13-14-15-16-17-18-19(20)21-2;2*1-2-3-4-5-6-7-8-9-10-11-12-13-14-15-16-17-18(19)20;1-12-9(11)7-5-3-2-4-6-8-10;1-13-9(12)7-5-3-2-4-6-8(10)11;1-12-9(11)7-5-3-2-4-6-8-10;1-3(4)5-2/h11-12H,3-10,13-18H2,1-2H3;10-11H,2-9,12-17H2,1H3,(H2,19,20);10-11H,2-9,12-17H2,1H3,(H,19,20);2-8H2,1H3;2-7H2,1H3,(H,10,11);10H,2-8H2,1H3;1-2H3/b12-11-;2*11-10-;;;;. The zero-order valence-corrected chi connectivity index (χ0v) is 69.5. The van der Waals surface area contributed by atoms with E-state index < -0.39 is 11.9 Å². The smallest absolute Gasteiger partial charge is 0.305 e. The lowest BCUT2D eigenvalue weighted by Gasteiger charge is -2.00. The molecule has 610 valence electrons. The number of hydrogen-bond donors (Lipinski definition) is 4. The van der Waals surface area contributed by atoms with E-state index in [1.165, 1.54) is 261 Å². The molecule has 0 aliphatic rings. The molecule has 0 aromatic carbocycles. The van der Waals surface area contributed by atoms with E-state index in [1.807, 2.05) is 0 Å². The zero-order valence-electron chi connectivity index (χ0n) is 67.9. The lowest BCUT2D eigenvalue weighted by atomic mass is 10.1. The molecule has 17 nitrogen and oxygen atoms in total. The largest absolute Gasteiger partial charge is 0.481 e. The van der Waals surface area contributed by atoms with Gasteiger partial charge < -0.3 is 44.7 Å². The van der Waals surface area contributed by atoms with Gasteiger partial charge in [0.2, 0.25) is 5.91 Å². The van der Waals surface area contributed by atoms with Crippen molar-refractivity contribution in [2.75, 3.05) is 47.5 Å². The van der Waals surface area contributed by atoms with E-state index in [1.54, 1.807) is 0 Å². The summed E-state index contributed by atoms with van der Waals surface area (Å²) >= 11 is 3.38. The Morgan fingerprint density at radius 2 is 0.466 bits per heavy atom. The van der Waals surface area contributed by atoms with Crippen molar-refractivity contribution in [1.29, 1.82) is 0 Å². The Morgan fingerprint density at radius 1 is 0.282 bits per heavy atom. The number of hydrogen-bond acceptors (Lipinski definition) is 14. The Balaban J connectivity index is -0.000000215. The van der Waals surface area contributed by atoms with Gasteiger partial charge in [0.25, 0.3) is 0 Å². The highest BCUT2D eigenvalue weighted by Gasteiger charge is 2.04. The summed E-state index contributed by atoms with van der Waals surface area (Å²) in [6.07, 6.45) is 80.9. The van der Waals surface area contributed by atoms with E-state index in [-0.39, 0.29) is 48.8 Å². The second-order valence-electron chi connectivity index (χ2n) is 26.6. The Labute approximate surface area is 640 Å². The maximum absolute atomic E-state index is 10.9. The monoisotopic (exact) mass is 1530 g/mol. The van der Waals surface area contributed by atoms with E-state index in [9.17, 15) is 38.4 Å². The average Bonchev–Trinajstić information content (AvgIpc) is 3.84. The Kier molecular flexibility index (Phi) is 115. The van der Waals surface area contributed by atoms with Crippen LogP contribution in [0.1, 0.15) is 413 Å². The summed E-state index contributed by atoms with van der Waals surface area (Å²) < 4.78 is 22.2. The third-order valence-corrected chi connectivity index (χ3v) is 17.3. The maximum Gasteiger partial charge on any atom is 0.305 e. The number of carbonyl (C=O) groups excluding carboxylic acids is 6. The van der Waals surface area contributed by atoms with Crippen LogP contribution in [-0.2, 0) is 62.0 Å². The van der Waals surface area contributed by atoms with Crippen molar-refractivity contribution in [3.05, 3.63) is 36.5 Å². The number of amides is 1. The van der Waals surface area contributed by atoms with E-state index in [0.717, 1.165) is 121 Å². The number of rotatable bonds is 66. The molecule has 1 amide bonds. The number of ether oxygens (including phenoxy) is 5. The van der Waals surface area contributed by atoms with Gasteiger partial charge in [-0.2, -0.15) is 0 Å². The number of alkyl halides is 1. The molecule has 103 heavy (non-hydrogen) atoms. The molecule has 0 unspecified atom stereocenters. The number of aliphatic hydroxyl groups excluding tert-OH is 1. The minimum atomic E-state index is -0.757. The summed E-state index contributed by atoms with van der Waals surface area (Å²) in [4.78, 5) is 83.4. The first-order chi connectivity index (χ1) is 49.9. The highest BCUT2D eigenvalue weighted by molar-refractivity contribution is 9.09. The van der Waals surface area contributed by atoms with Crippen molar-refractivity contribution >= 4 is 63.6 Å². The third-order valence-electron chi connectivity index (χ3n) is 16.8. The van der Waals surface area contributed by atoms with Crippen LogP contribution >= 0.6 is 15.9 Å². The first-order valence-corrected chi connectivity index (χ1v) is 42.2. The van der Waals surface area contributed by atoms with Crippen LogP contribution in [0.5, 0.6) is 0 Å². The number of esters is 5. The molecule has 0 aromatic rings. The SMILES string of the molecule is CCCCCCCCC/C=C\CCCCCCC(=O)O.CCCCCCCCC/C=C\CCCCCCC(=O)OC.CCCCCCCCC/C=C\CCCCCCC(N)=O.COC(=O)CCCCCCC(=O)O.COC(=O)CCCCCCCBr.COC(=O)CCCCCCCO.COC(C)=O. The third kappa shape index (κ3) is 134. The first kappa shape index (κ1) is 112. The predicted molar refractivity (Wildman–Crippen MR) is 433 cm³/mol. The summed E-state index contributed by atoms with van der Waals surface area (Å²) in [6.45, 7) is 8.43. The van der Waals surface area contributed by atoms with E-state index in [2.05, 4.69) is 96.8 Å². The highest BCUT2D eigenvalue weighted by atomic mass is 79.9. The fourth-order valence-electron chi connectivity index (χ4n) is 10.2. The second kappa shape index (κ2) is 106. The molecule has 0 rings (SSSR count). The summed E-state index contributed by atoms with van der Waals surface area (Å²) in [7, 11) is 7.02. The lowest BCUT2D eigenvalue weighted by Crippen LogP contribution is -2.09. The van der Waals surface area contributed by atoms with Crippen LogP contribution in [-0.4, -0.2) is 110 Å². The minimum Gasteiger partial charge on any atom is -0.481 e. The van der Waals surface area contributed by atoms with Crippen LogP contribution in [0, 0.1) is 0 Å². The van der Waals surface area contributed by atoms with Gasteiger partial charge in [0.15, 0.2) is 0 Å². The molecule has 0 spiro atoms. The number of nitrogens with two attached hydrogens (primary N) is 1. The summed E-state index contributed by atoms with van der Waals surface area (Å²) in [6, 6.07) is 0. The van der Waals surface area contributed by atoms with Crippen molar-refractivity contribution in [2.45, 2.75) is 413 Å². The van der Waals surface area contributed by atoms with Crippen molar-refractivity contribution in [3.63, 3.8) is 0 Å². The highest BCUT2D eigenvalue weighted by Crippen LogP contribution is 2.15. The predicted octanol–water partition coefficient (Wildman–Crippen LogP) is 24.0. The van der Waals surface area contributed by atoms with Crippen molar-refractivity contribution in [1.82, 2.24) is 0 Å². The number of aliphatic carboxylic acids is 2. The van der Waals surface area contributed by atoms with E-state index >= 15 is 0 Å². The first-order valence-electron chi connectivity index (χ1n) is 41.1. The number of unbranched alkanes of at least 4 members (excludes halogenated alkanes) is 44. The Hall–Kier alpha value is -4.58. The van der Waals surface area contributed by atoms with Crippen LogP contribution < -0.4 is 5.73 Å².